The highest BCUT2D eigenvalue weighted by Crippen LogP contribution is 2.17. The molecule has 6 heteroatoms. The van der Waals surface area contributed by atoms with Crippen molar-refractivity contribution < 1.29 is 9.59 Å². The minimum Gasteiger partial charge on any atom is -0.342 e. The van der Waals surface area contributed by atoms with Crippen molar-refractivity contribution in [2.45, 2.75) is 64.3 Å². The van der Waals surface area contributed by atoms with Crippen LogP contribution in [0.3, 0.4) is 0 Å². The third-order valence-corrected chi connectivity index (χ3v) is 6.51. The van der Waals surface area contributed by atoms with E-state index >= 15 is 0 Å². The molecule has 3 fully saturated rings. The normalized spacial score (nSPS) is 26.5. The zero-order chi connectivity index (χ0) is 19.1. The van der Waals surface area contributed by atoms with Gasteiger partial charge in [0.05, 0.1) is 13.1 Å². The van der Waals surface area contributed by atoms with Crippen molar-refractivity contribution >= 4 is 11.8 Å². The number of carbonyl (C=O) groups excluding carboxylic acids is 2. The van der Waals surface area contributed by atoms with Gasteiger partial charge in [-0.3, -0.25) is 19.4 Å². The van der Waals surface area contributed by atoms with Crippen LogP contribution in [0.1, 0.15) is 58.3 Å². The highest BCUT2D eigenvalue weighted by molar-refractivity contribution is 5.79. The van der Waals surface area contributed by atoms with E-state index < -0.39 is 0 Å². The molecule has 3 saturated heterocycles. The molecule has 2 amide bonds. The maximum atomic E-state index is 12.6. The van der Waals surface area contributed by atoms with Gasteiger partial charge in [0.2, 0.25) is 11.8 Å². The molecule has 0 aromatic heterocycles. The van der Waals surface area contributed by atoms with Crippen LogP contribution in [0.5, 0.6) is 0 Å². The van der Waals surface area contributed by atoms with Gasteiger partial charge in [-0.15, -0.1) is 0 Å². The van der Waals surface area contributed by atoms with E-state index in [9.17, 15) is 9.59 Å². The van der Waals surface area contributed by atoms with Gasteiger partial charge in [-0.05, 0) is 39.0 Å². The standard InChI is InChI=1S/C21H38N4O2/c1-19-9-5-8-12-25(19)21(27)18-23-15-13-22(14-16-23)17-20(26)24-10-6-3-2-4-7-11-24/h19H,2-18H2,1H3. The summed E-state index contributed by atoms with van der Waals surface area (Å²) in [4.78, 5) is 33.9. The molecule has 3 aliphatic rings. The van der Waals surface area contributed by atoms with Crippen LogP contribution in [-0.4, -0.2) is 96.4 Å². The van der Waals surface area contributed by atoms with Crippen LogP contribution < -0.4 is 0 Å². The smallest absolute Gasteiger partial charge is 0.236 e. The molecule has 6 nitrogen and oxygen atoms in total. The van der Waals surface area contributed by atoms with E-state index in [1.54, 1.807) is 0 Å². The molecule has 1 atom stereocenters. The van der Waals surface area contributed by atoms with Crippen LogP contribution in [0, 0.1) is 0 Å². The fraction of sp³-hybridized carbons (Fsp3) is 0.905. The first-order chi connectivity index (χ1) is 13.1. The number of amides is 2. The highest BCUT2D eigenvalue weighted by atomic mass is 16.2. The average Bonchev–Trinajstić information content (AvgIpc) is 2.63. The van der Waals surface area contributed by atoms with Crippen molar-refractivity contribution in [3.05, 3.63) is 0 Å². The molecule has 3 rings (SSSR count). The first kappa shape index (κ1) is 20.6. The third kappa shape index (κ3) is 6.18. The lowest BCUT2D eigenvalue weighted by Crippen LogP contribution is -2.53. The Labute approximate surface area is 164 Å². The Bertz CT molecular complexity index is 483. The summed E-state index contributed by atoms with van der Waals surface area (Å²) in [6.45, 7) is 9.61. The van der Waals surface area contributed by atoms with Gasteiger partial charge in [-0.2, -0.15) is 0 Å². The van der Waals surface area contributed by atoms with E-state index in [1.165, 1.54) is 25.7 Å². The van der Waals surface area contributed by atoms with Gasteiger partial charge in [0.25, 0.3) is 0 Å². The monoisotopic (exact) mass is 378 g/mol. The summed E-state index contributed by atoms with van der Waals surface area (Å²) in [5.41, 5.74) is 0. The van der Waals surface area contributed by atoms with Crippen molar-refractivity contribution in [1.82, 2.24) is 19.6 Å². The topological polar surface area (TPSA) is 47.1 Å². The summed E-state index contributed by atoms with van der Waals surface area (Å²) in [5, 5.41) is 0. The van der Waals surface area contributed by atoms with Gasteiger partial charge in [0.1, 0.15) is 0 Å². The Hall–Kier alpha value is -1.14. The Balaban J connectivity index is 1.38. The minimum absolute atomic E-state index is 0.285. The van der Waals surface area contributed by atoms with Crippen molar-refractivity contribution in [2.75, 3.05) is 58.9 Å². The number of rotatable bonds is 4. The van der Waals surface area contributed by atoms with Crippen molar-refractivity contribution in [2.24, 2.45) is 0 Å². The first-order valence-electron chi connectivity index (χ1n) is 11.2. The quantitative estimate of drug-likeness (QED) is 0.748. The summed E-state index contributed by atoms with van der Waals surface area (Å²) < 4.78 is 0. The molecular weight excluding hydrogens is 340 g/mol. The second kappa shape index (κ2) is 10.4. The minimum atomic E-state index is 0.285. The summed E-state index contributed by atoms with van der Waals surface area (Å²) in [6, 6.07) is 0.392. The van der Waals surface area contributed by atoms with Gasteiger partial charge in [-0.1, -0.05) is 19.3 Å². The number of likely N-dealkylation sites (tertiary alicyclic amines) is 2. The Kier molecular flexibility index (Phi) is 7.94. The molecule has 0 saturated carbocycles. The van der Waals surface area contributed by atoms with Gasteiger partial charge >= 0.3 is 0 Å². The van der Waals surface area contributed by atoms with E-state index in [4.69, 9.17) is 0 Å². The van der Waals surface area contributed by atoms with Crippen molar-refractivity contribution in [1.29, 1.82) is 0 Å². The number of nitrogens with zero attached hydrogens (tertiary/aromatic N) is 4. The number of hydrogen-bond donors (Lipinski definition) is 0. The van der Waals surface area contributed by atoms with Crippen LogP contribution in [0.2, 0.25) is 0 Å². The van der Waals surface area contributed by atoms with Crippen LogP contribution in [0.25, 0.3) is 0 Å². The van der Waals surface area contributed by atoms with E-state index in [1.807, 2.05) is 0 Å². The molecule has 0 spiro atoms. The number of hydrogen-bond acceptors (Lipinski definition) is 4. The van der Waals surface area contributed by atoms with Gasteiger partial charge < -0.3 is 9.80 Å². The molecule has 0 bridgehead atoms. The fourth-order valence-corrected chi connectivity index (χ4v) is 4.64. The molecule has 27 heavy (non-hydrogen) atoms. The second-order valence-corrected chi connectivity index (χ2v) is 8.63. The number of piperidine rings is 1. The molecule has 0 aliphatic carbocycles. The first-order valence-corrected chi connectivity index (χ1v) is 11.2. The Morgan fingerprint density at radius 1 is 0.667 bits per heavy atom. The molecule has 3 heterocycles. The van der Waals surface area contributed by atoms with Crippen molar-refractivity contribution in [3.8, 4) is 0 Å². The summed E-state index contributed by atoms with van der Waals surface area (Å²) in [7, 11) is 0. The van der Waals surface area contributed by atoms with E-state index in [-0.39, 0.29) is 5.91 Å². The predicted octanol–water partition coefficient (Wildman–Crippen LogP) is 1.80. The van der Waals surface area contributed by atoms with Crippen LogP contribution in [0.15, 0.2) is 0 Å². The fourth-order valence-electron chi connectivity index (χ4n) is 4.64. The molecule has 1 unspecified atom stereocenters. The van der Waals surface area contributed by atoms with E-state index in [0.29, 0.717) is 25.0 Å². The third-order valence-electron chi connectivity index (χ3n) is 6.51. The Morgan fingerprint density at radius 2 is 1.19 bits per heavy atom. The molecule has 154 valence electrons. The highest BCUT2D eigenvalue weighted by Gasteiger charge is 2.27. The van der Waals surface area contributed by atoms with Gasteiger partial charge in [0.15, 0.2) is 0 Å². The van der Waals surface area contributed by atoms with E-state index in [0.717, 1.165) is 71.5 Å². The van der Waals surface area contributed by atoms with Crippen molar-refractivity contribution in [3.63, 3.8) is 0 Å². The molecule has 0 aromatic rings. The van der Waals surface area contributed by atoms with Crippen LogP contribution in [-0.2, 0) is 9.59 Å². The molecule has 0 aromatic carbocycles. The Morgan fingerprint density at radius 3 is 1.78 bits per heavy atom. The summed E-state index contributed by atoms with van der Waals surface area (Å²) >= 11 is 0. The lowest BCUT2D eigenvalue weighted by Gasteiger charge is -2.38. The maximum Gasteiger partial charge on any atom is 0.236 e. The summed E-state index contributed by atoms with van der Waals surface area (Å²) in [6.07, 6.45) is 9.65. The van der Waals surface area contributed by atoms with Crippen LogP contribution in [0.4, 0.5) is 0 Å². The SMILES string of the molecule is CC1CCCCN1C(=O)CN1CCN(CC(=O)N2CCCCCCC2)CC1. The molecule has 0 radical (unpaired) electrons. The lowest BCUT2D eigenvalue weighted by molar-refractivity contribution is -0.137. The molecule has 3 aliphatic heterocycles. The average molecular weight is 379 g/mol. The van der Waals surface area contributed by atoms with E-state index in [2.05, 4.69) is 26.5 Å². The number of piperazine rings is 1. The zero-order valence-electron chi connectivity index (χ0n) is 17.2. The summed E-state index contributed by atoms with van der Waals surface area (Å²) in [5.74, 6) is 0.580. The van der Waals surface area contributed by atoms with Gasteiger partial charge in [0, 0.05) is 51.9 Å². The largest absolute Gasteiger partial charge is 0.342 e. The zero-order valence-corrected chi connectivity index (χ0v) is 17.2. The van der Waals surface area contributed by atoms with Crippen LogP contribution >= 0.6 is 0 Å². The number of carbonyl (C=O) groups is 2. The maximum absolute atomic E-state index is 12.6. The van der Waals surface area contributed by atoms with Gasteiger partial charge in [-0.25, -0.2) is 0 Å². The second-order valence-electron chi connectivity index (χ2n) is 8.63. The molecular formula is C21H38N4O2. The molecule has 0 N–H and O–H groups in total. The predicted molar refractivity (Wildman–Crippen MR) is 108 cm³/mol. The lowest BCUT2D eigenvalue weighted by atomic mass is 10.0.